The first-order valence-corrected chi connectivity index (χ1v) is 11.9. The predicted octanol–water partition coefficient (Wildman–Crippen LogP) is 8.17. The van der Waals surface area contributed by atoms with Crippen LogP contribution >= 0.6 is 0 Å². The van der Waals surface area contributed by atoms with E-state index in [9.17, 15) is 4.79 Å². The molecule has 0 heterocycles. The molecule has 0 unspecified atom stereocenters. The van der Waals surface area contributed by atoms with Gasteiger partial charge in [0, 0.05) is 6.42 Å². The quantitative estimate of drug-likeness (QED) is 0.257. The minimum atomic E-state index is -0.655. The molecule has 0 aliphatic heterocycles. The van der Waals surface area contributed by atoms with Gasteiger partial charge in [0.1, 0.15) is 0 Å². The van der Waals surface area contributed by atoms with Crippen LogP contribution in [0.3, 0.4) is 0 Å². The fourth-order valence-corrected chi connectivity index (χ4v) is 3.97. The second-order valence-electron chi connectivity index (χ2n) is 8.56. The predicted molar refractivity (Wildman–Crippen MR) is 121 cm³/mol. The third kappa shape index (κ3) is 13.0. The van der Waals surface area contributed by atoms with Crippen molar-refractivity contribution in [3.05, 3.63) is 34.9 Å². The topological polar surface area (TPSA) is 37.3 Å². The maximum atomic E-state index is 10.4. The molecule has 0 saturated heterocycles. The minimum absolute atomic E-state index is 0.340. The van der Waals surface area contributed by atoms with Gasteiger partial charge in [-0.15, -0.1) is 0 Å². The Morgan fingerprint density at radius 2 is 1.11 bits per heavy atom. The molecule has 0 radical (unpaired) electrons. The number of aliphatic carboxylic acids is 1. The number of benzene rings is 1. The molecule has 2 nitrogen and oxygen atoms in total. The standard InChI is InChI=1S/C26H44O2/c1-23-19-18-21-25(24(23)2)20-16-14-12-10-8-6-4-3-5-7-9-11-13-15-17-22-26(27)28/h18-19,21H,3-17,20,22H2,1-2H3,(H,27,28). The lowest BCUT2D eigenvalue weighted by atomic mass is 9.98. The van der Waals surface area contributed by atoms with Gasteiger partial charge in [0.15, 0.2) is 0 Å². The molecule has 1 N–H and O–H groups in total. The number of aryl methyl sites for hydroxylation is 2. The van der Waals surface area contributed by atoms with Crippen molar-refractivity contribution in [2.24, 2.45) is 0 Å². The molecule has 0 fully saturated rings. The Morgan fingerprint density at radius 3 is 1.57 bits per heavy atom. The number of carbonyl (C=O) groups is 1. The van der Waals surface area contributed by atoms with Crippen LogP contribution in [-0.2, 0) is 11.2 Å². The Balaban J connectivity index is 1.79. The van der Waals surface area contributed by atoms with Crippen molar-refractivity contribution in [2.75, 3.05) is 0 Å². The number of hydrogen-bond donors (Lipinski definition) is 1. The Morgan fingerprint density at radius 1 is 0.679 bits per heavy atom. The van der Waals surface area contributed by atoms with Crippen molar-refractivity contribution in [1.29, 1.82) is 0 Å². The summed E-state index contributed by atoms with van der Waals surface area (Å²) in [5.41, 5.74) is 4.45. The zero-order valence-corrected chi connectivity index (χ0v) is 18.6. The molecule has 2 heteroatoms. The van der Waals surface area contributed by atoms with Gasteiger partial charge in [-0.05, 0) is 49.8 Å². The van der Waals surface area contributed by atoms with Gasteiger partial charge in [-0.1, -0.05) is 102 Å². The molecule has 0 bridgehead atoms. The van der Waals surface area contributed by atoms with E-state index < -0.39 is 5.97 Å². The molecule has 0 aliphatic rings. The molecule has 0 aliphatic carbocycles. The molecule has 0 amide bonds. The average molecular weight is 389 g/mol. The minimum Gasteiger partial charge on any atom is -0.481 e. The maximum absolute atomic E-state index is 10.4. The molecule has 28 heavy (non-hydrogen) atoms. The molecule has 1 aromatic rings. The second kappa shape index (κ2) is 16.6. The molecule has 1 aromatic carbocycles. The number of unbranched alkanes of at least 4 members (excludes halogenated alkanes) is 14. The summed E-state index contributed by atoms with van der Waals surface area (Å²) in [5.74, 6) is -0.655. The normalized spacial score (nSPS) is 11.1. The van der Waals surface area contributed by atoms with E-state index in [1.165, 1.54) is 101 Å². The van der Waals surface area contributed by atoms with E-state index in [2.05, 4.69) is 32.0 Å². The Hall–Kier alpha value is -1.31. The van der Waals surface area contributed by atoms with Gasteiger partial charge in [0.25, 0.3) is 0 Å². The molecule has 160 valence electrons. The van der Waals surface area contributed by atoms with Crippen molar-refractivity contribution in [3.63, 3.8) is 0 Å². The Bertz CT molecular complexity index is 521. The van der Waals surface area contributed by atoms with Crippen LogP contribution in [0.5, 0.6) is 0 Å². The third-order valence-corrected chi connectivity index (χ3v) is 6.05. The monoisotopic (exact) mass is 388 g/mol. The lowest BCUT2D eigenvalue weighted by Gasteiger charge is -2.08. The second-order valence-corrected chi connectivity index (χ2v) is 8.56. The van der Waals surface area contributed by atoms with Gasteiger partial charge in [-0.2, -0.15) is 0 Å². The highest BCUT2D eigenvalue weighted by Gasteiger charge is 2.01. The van der Waals surface area contributed by atoms with Crippen LogP contribution in [0.2, 0.25) is 0 Å². The Kier molecular flexibility index (Phi) is 14.7. The molecule has 1 rings (SSSR count). The molecule has 0 atom stereocenters. The summed E-state index contributed by atoms with van der Waals surface area (Å²) in [4.78, 5) is 10.4. The van der Waals surface area contributed by atoms with Crippen molar-refractivity contribution >= 4 is 5.97 Å². The van der Waals surface area contributed by atoms with Gasteiger partial charge >= 0.3 is 5.97 Å². The third-order valence-electron chi connectivity index (χ3n) is 6.05. The summed E-state index contributed by atoms with van der Waals surface area (Å²) in [6.07, 6.45) is 21.2. The largest absolute Gasteiger partial charge is 0.481 e. The first-order chi connectivity index (χ1) is 13.6. The SMILES string of the molecule is Cc1cccc(CCCCCCCCCCCCCCCCCC(=O)O)c1C. The highest BCUT2D eigenvalue weighted by molar-refractivity contribution is 5.66. The van der Waals surface area contributed by atoms with Crippen LogP contribution in [-0.4, -0.2) is 11.1 Å². The summed E-state index contributed by atoms with van der Waals surface area (Å²) >= 11 is 0. The first kappa shape index (κ1) is 24.7. The van der Waals surface area contributed by atoms with E-state index >= 15 is 0 Å². The fourth-order valence-electron chi connectivity index (χ4n) is 3.97. The van der Waals surface area contributed by atoms with Crippen molar-refractivity contribution in [3.8, 4) is 0 Å². The average Bonchev–Trinajstić information content (AvgIpc) is 2.67. The van der Waals surface area contributed by atoms with E-state index in [0.717, 1.165) is 12.8 Å². The zero-order chi connectivity index (χ0) is 20.5. The lowest BCUT2D eigenvalue weighted by Crippen LogP contribution is -1.93. The van der Waals surface area contributed by atoms with E-state index in [1.54, 1.807) is 5.56 Å². The number of carboxylic acids is 1. The van der Waals surface area contributed by atoms with Crippen LogP contribution < -0.4 is 0 Å². The van der Waals surface area contributed by atoms with E-state index in [0.29, 0.717) is 6.42 Å². The van der Waals surface area contributed by atoms with Crippen molar-refractivity contribution in [1.82, 2.24) is 0 Å². The number of carboxylic acid groups (broad SMARTS) is 1. The van der Waals surface area contributed by atoms with Crippen molar-refractivity contribution < 1.29 is 9.90 Å². The lowest BCUT2D eigenvalue weighted by molar-refractivity contribution is -0.137. The van der Waals surface area contributed by atoms with Crippen LogP contribution in [0.25, 0.3) is 0 Å². The van der Waals surface area contributed by atoms with Crippen LogP contribution in [0, 0.1) is 13.8 Å². The van der Waals surface area contributed by atoms with Crippen LogP contribution in [0.4, 0.5) is 0 Å². The van der Waals surface area contributed by atoms with Gasteiger partial charge in [-0.3, -0.25) is 4.79 Å². The smallest absolute Gasteiger partial charge is 0.303 e. The summed E-state index contributed by atoms with van der Waals surface area (Å²) in [5, 5.41) is 8.59. The maximum Gasteiger partial charge on any atom is 0.303 e. The molecule has 0 saturated carbocycles. The zero-order valence-electron chi connectivity index (χ0n) is 18.6. The van der Waals surface area contributed by atoms with E-state index in [4.69, 9.17) is 5.11 Å². The van der Waals surface area contributed by atoms with Gasteiger partial charge in [0.05, 0.1) is 0 Å². The molecular formula is C26H44O2. The number of hydrogen-bond acceptors (Lipinski definition) is 1. The van der Waals surface area contributed by atoms with Gasteiger partial charge in [0.2, 0.25) is 0 Å². The summed E-state index contributed by atoms with van der Waals surface area (Å²) in [6, 6.07) is 6.70. The van der Waals surface area contributed by atoms with Crippen LogP contribution in [0.15, 0.2) is 18.2 Å². The molecular weight excluding hydrogens is 344 g/mol. The van der Waals surface area contributed by atoms with Gasteiger partial charge in [-0.25, -0.2) is 0 Å². The van der Waals surface area contributed by atoms with Crippen LogP contribution in [0.1, 0.15) is 119 Å². The molecule has 0 aromatic heterocycles. The summed E-state index contributed by atoms with van der Waals surface area (Å²) in [7, 11) is 0. The highest BCUT2D eigenvalue weighted by atomic mass is 16.4. The Labute approximate surface area is 174 Å². The van der Waals surface area contributed by atoms with Crippen molar-refractivity contribution in [2.45, 2.75) is 123 Å². The summed E-state index contributed by atoms with van der Waals surface area (Å²) < 4.78 is 0. The highest BCUT2D eigenvalue weighted by Crippen LogP contribution is 2.17. The van der Waals surface area contributed by atoms with Gasteiger partial charge < -0.3 is 5.11 Å². The summed E-state index contributed by atoms with van der Waals surface area (Å²) in [6.45, 7) is 4.47. The fraction of sp³-hybridized carbons (Fsp3) is 0.731. The molecule has 0 spiro atoms. The van der Waals surface area contributed by atoms with E-state index in [1.807, 2.05) is 0 Å². The first-order valence-electron chi connectivity index (χ1n) is 11.9. The number of rotatable bonds is 18. The van der Waals surface area contributed by atoms with E-state index in [-0.39, 0.29) is 0 Å².